The summed E-state index contributed by atoms with van der Waals surface area (Å²) in [6.07, 6.45) is 2.28. The van der Waals surface area contributed by atoms with Crippen LogP contribution in [0.4, 0.5) is 10.6 Å². The Morgan fingerprint density at radius 1 is 1.25 bits per heavy atom. The maximum absolute atomic E-state index is 12.3. The van der Waals surface area contributed by atoms with Crippen molar-refractivity contribution in [3.05, 3.63) is 23.9 Å². The average Bonchev–Trinajstić information content (AvgIpc) is 2.60. The zero-order chi connectivity index (χ0) is 20.5. The molecule has 0 bridgehead atoms. The van der Waals surface area contributed by atoms with Crippen molar-refractivity contribution in [3.63, 3.8) is 0 Å². The minimum atomic E-state index is -0.513. The number of carbonyl (C=O) groups excluding carboxylic acids is 3. The largest absolute Gasteiger partial charge is 0.444 e. The highest BCUT2D eigenvalue weighted by molar-refractivity contribution is 6.00. The van der Waals surface area contributed by atoms with Gasteiger partial charge in [-0.1, -0.05) is 6.07 Å². The van der Waals surface area contributed by atoms with E-state index < -0.39 is 5.60 Å². The second kappa shape index (κ2) is 7.77. The third kappa shape index (κ3) is 4.61. The molecule has 28 heavy (non-hydrogen) atoms. The molecule has 8 nitrogen and oxygen atoms in total. The quantitative estimate of drug-likeness (QED) is 0.780. The van der Waals surface area contributed by atoms with E-state index in [1.54, 1.807) is 11.1 Å². The van der Waals surface area contributed by atoms with E-state index in [-0.39, 0.29) is 29.9 Å². The van der Waals surface area contributed by atoms with E-state index in [9.17, 15) is 14.4 Å². The SMILES string of the molecule is C[C@H]1CN(c2ccc([C@H]3CCC(=O)NC3=O)cn2)CCN1C(=O)OC(C)(C)C. The fourth-order valence-electron chi connectivity index (χ4n) is 3.56. The topological polar surface area (TPSA) is 91.8 Å². The summed E-state index contributed by atoms with van der Waals surface area (Å²) in [6.45, 7) is 9.46. The Kier molecular flexibility index (Phi) is 5.58. The molecule has 8 heteroatoms. The molecule has 3 heterocycles. The van der Waals surface area contributed by atoms with Gasteiger partial charge in [0.15, 0.2) is 0 Å². The first-order valence-corrected chi connectivity index (χ1v) is 9.68. The molecule has 0 aromatic carbocycles. The van der Waals surface area contributed by atoms with Gasteiger partial charge in [0.25, 0.3) is 0 Å². The Hall–Kier alpha value is -2.64. The number of anilines is 1. The number of imide groups is 1. The molecule has 0 spiro atoms. The molecule has 0 aliphatic carbocycles. The van der Waals surface area contributed by atoms with Gasteiger partial charge in [0, 0.05) is 38.3 Å². The highest BCUT2D eigenvalue weighted by atomic mass is 16.6. The summed E-state index contributed by atoms with van der Waals surface area (Å²) in [4.78, 5) is 44.1. The van der Waals surface area contributed by atoms with E-state index in [2.05, 4.69) is 15.2 Å². The summed E-state index contributed by atoms with van der Waals surface area (Å²) in [5, 5.41) is 2.38. The minimum Gasteiger partial charge on any atom is -0.444 e. The molecule has 2 atom stereocenters. The molecule has 3 amide bonds. The highest BCUT2D eigenvalue weighted by Gasteiger charge is 2.32. The molecule has 2 saturated heterocycles. The van der Waals surface area contributed by atoms with Crippen LogP contribution < -0.4 is 10.2 Å². The number of hydrogen-bond acceptors (Lipinski definition) is 6. The van der Waals surface area contributed by atoms with E-state index in [4.69, 9.17) is 4.74 Å². The average molecular weight is 388 g/mol. The smallest absolute Gasteiger partial charge is 0.410 e. The van der Waals surface area contributed by atoms with E-state index in [0.29, 0.717) is 32.5 Å². The van der Waals surface area contributed by atoms with Crippen LogP contribution in [0.25, 0.3) is 0 Å². The van der Waals surface area contributed by atoms with Gasteiger partial charge in [-0.2, -0.15) is 0 Å². The lowest BCUT2D eigenvalue weighted by Gasteiger charge is -2.40. The van der Waals surface area contributed by atoms with Crippen LogP contribution in [0.2, 0.25) is 0 Å². The zero-order valence-electron chi connectivity index (χ0n) is 16.9. The van der Waals surface area contributed by atoms with Gasteiger partial charge < -0.3 is 14.5 Å². The molecule has 2 fully saturated rings. The van der Waals surface area contributed by atoms with Crippen molar-refractivity contribution < 1.29 is 19.1 Å². The molecule has 1 aromatic rings. The predicted molar refractivity (Wildman–Crippen MR) is 104 cm³/mol. The van der Waals surface area contributed by atoms with Crippen LogP contribution in [-0.4, -0.2) is 59.1 Å². The third-order valence-electron chi connectivity index (χ3n) is 4.99. The number of nitrogens with zero attached hydrogens (tertiary/aromatic N) is 3. The molecule has 0 saturated carbocycles. The molecular weight excluding hydrogens is 360 g/mol. The summed E-state index contributed by atoms with van der Waals surface area (Å²) in [5.74, 6) is 0.00185. The van der Waals surface area contributed by atoms with Crippen LogP contribution in [0.3, 0.4) is 0 Å². The molecule has 2 aliphatic rings. The number of rotatable bonds is 2. The van der Waals surface area contributed by atoms with Crippen LogP contribution in [0.15, 0.2) is 18.3 Å². The summed E-state index contributed by atoms with van der Waals surface area (Å²) >= 11 is 0. The van der Waals surface area contributed by atoms with Crippen LogP contribution in [-0.2, 0) is 14.3 Å². The third-order valence-corrected chi connectivity index (χ3v) is 4.99. The molecule has 0 radical (unpaired) electrons. The molecule has 0 unspecified atom stereocenters. The Morgan fingerprint density at radius 2 is 2.00 bits per heavy atom. The molecule has 1 aromatic heterocycles. The highest BCUT2D eigenvalue weighted by Crippen LogP contribution is 2.26. The van der Waals surface area contributed by atoms with Gasteiger partial charge >= 0.3 is 6.09 Å². The number of piperidine rings is 1. The summed E-state index contributed by atoms with van der Waals surface area (Å²) < 4.78 is 5.48. The lowest BCUT2D eigenvalue weighted by molar-refractivity contribution is -0.134. The summed E-state index contributed by atoms with van der Waals surface area (Å²) in [5.41, 5.74) is 0.302. The van der Waals surface area contributed by atoms with Crippen LogP contribution in [0.5, 0.6) is 0 Å². The van der Waals surface area contributed by atoms with Gasteiger partial charge in [0.2, 0.25) is 11.8 Å². The first kappa shape index (κ1) is 20.1. The normalized spacial score (nSPS) is 23.4. The molecule has 1 N–H and O–H groups in total. The Labute approximate surface area is 165 Å². The number of ether oxygens (including phenoxy) is 1. The summed E-state index contributed by atoms with van der Waals surface area (Å²) in [6, 6.07) is 3.79. The van der Waals surface area contributed by atoms with Crippen LogP contribution >= 0.6 is 0 Å². The van der Waals surface area contributed by atoms with E-state index in [0.717, 1.165) is 11.4 Å². The molecular formula is C20H28N4O4. The molecule has 3 rings (SSSR count). The van der Waals surface area contributed by atoms with E-state index >= 15 is 0 Å². The van der Waals surface area contributed by atoms with Gasteiger partial charge in [-0.25, -0.2) is 9.78 Å². The van der Waals surface area contributed by atoms with Gasteiger partial charge in [-0.15, -0.1) is 0 Å². The number of pyridine rings is 1. The lowest BCUT2D eigenvalue weighted by atomic mass is 9.92. The van der Waals surface area contributed by atoms with Crippen molar-refractivity contribution in [2.45, 2.75) is 58.1 Å². The van der Waals surface area contributed by atoms with Crippen molar-refractivity contribution in [2.24, 2.45) is 0 Å². The van der Waals surface area contributed by atoms with Crippen molar-refractivity contribution in [1.29, 1.82) is 0 Å². The first-order chi connectivity index (χ1) is 13.1. The number of hydrogen-bond donors (Lipinski definition) is 1. The fourth-order valence-corrected chi connectivity index (χ4v) is 3.56. The number of amides is 3. The first-order valence-electron chi connectivity index (χ1n) is 9.68. The van der Waals surface area contributed by atoms with E-state index in [1.807, 2.05) is 39.8 Å². The Morgan fingerprint density at radius 3 is 2.57 bits per heavy atom. The number of piperazine rings is 1. The number of carbonyl (C=O) groups is 3. The van der Waals surface area contributed by atoms with E-state index in [1.165, 1.54) is 0 Å². The number of aromatic nitrogens is 1. The van der Waals surface area contributed by atoms with Crippen molar-refractivity contribution >= 4 is 23.7 Å². The van der Waals surface area contributed by atoms with Crippen LogP contribution in [0, 0.1) is 0 Å². The lowest BCUT2D eigenvalue weighted by Crippen LogP contribution is -2.55. The van der Waals surface area contributed by atoms with Gasteiger partial charge in [0.05, 0.1) is 5.92 Å². The zero-order valence-corrected chi connectivity index (χ0v) is 16.9. The Balaban J connectivity index is 1.62. The predicted octanol–water partition coefficient (Wildman–Crippen LogP) is 2.05. The minimum absolute atomic E-state index is 0.000196. The maximum Gasteiger partial charge on any atom is 0.410 e. The maximum atomic E-state index is 12.3. The van der Waals surface area contributed by atoms with Crippen molar-refractivity contribution in [3.8, 4) is 0 Å². The van der Waals surface area contributed by atoms with Gasteiger partial charge in [0.1, 0.15) is 11.4 Å². The molecule has 152 valence electrons. The van der Waals surface area contributed by atoms with Crippen molar-refractivity contribution in [2.75, 3.05) is 24.5 Å². The van der Waals surface area contributed by atoms with Gasteiger partial charge in [-0.05, 0) is 45.7 Å². The van der Waals surface area contributed by atoms with Crippen molar-refractivity contribution in [1.82, 2.24) is 15.2 Å². The number of nitrogens with one attached hydrogen (secondary N) is 1. The Bertz CT molecular complexity index is 756. The second-order valence-electron chi connectivity index (χ2n) is 8.42. The standard InChI is InChI=1S/C20H28N4O4/c1-13-12-23(9-10-24(13)19(27)28-20(2,3)4)16-7-5-14(11-21-16)15-6-8-17(25)22-18(15)26/h5,7,11,13,15H,6,8-10,12H2,1-4H3,(H,22,25,26)/t13-,15+/m0/s1. The fraction of sp³-hybridized carbons (Fsp3) is 0.600. The molecule has 2 aliphatic heterocycles. The second-order valence-corrected chi connectivity index (χ2v) is 8.42. The van der Waals surface area contributed by atoms with Crippen LogP contribution in [0.1, 0.15) is 52.0 Å². The summed E-state index contributed by atoms with van der Waals surface area (Å²) in [7, 11) is 0. The van der Waals surface area contributed by atoms with Gasteiger partial charge in [-0.3, -0.25) is 14.9 Å². The monoisotopic (exact) mass is 388 g/mol.